The molecule has 21 heavy (non-hydrogen) atoms. The van der Waals surface area contributed by atoms with E-state index in [1.165, 1.54) is 0 Å². The van der Waals surface area contributed by atoms with Gasteiger partial charge >= 0.3 is 0 Å². The van der Waals surface area contributed by atoms with Crippen molar-refractivity contribution in [3.63, 3.8) is 0 Å². The standard InChI is InChI=1S/C16H20N4O/c1-4-9-17-15(21)14-10-12(3)18-16(20-14)19-13-8-6-5-7-11(13)2/h5-8,10H,4,9H2,1-3H3,(H,17,21)(H,18,19,20). The van der Waals surface area contributed by atoms with Gasteiger partial charge in [-0.1, -0.05) is 25.1 Å². The van der Waals surface area contributed by atoms with Gasteiger partial charge in [-0.25, -0.2) is 9.97 Å². The molecule has 0 atom stereocenters. The highest BCUT2D eigenvalue weighted by Crippen LogP contribution is 2.17. The van der Waals surface area contributed by atoms with E-state index in [0.717, 1.165) is 23.4 Å². The van der Waals surface area contributed by atoms with Gasteiger partial charge in [0.15, 0.2) is 0 Å². The van der Waals surface area contributed by atoms with Crippen molar-refractivity contribution in [2.24, 2.45) is 0 Å². The van der Waals surface area contributed by atoms with Crippen LogP contribution in [0.25, 0.3) is 0 Å². The summed E-state index contributed by atoms with van der Waals surface area (Å²) < 4.78 is 0. The van der Waals surface area contributed by atoms with Crippen molar-refractivity contribution in [1.82, 2.24) is 15.3 Å². The van der Waals surface area contributed by atoms with Gasteiger partial charge in [-0.2, -0.15) is 0 Å². The van der Waals surface area contributed by atoms with E-state index in [4.69, 9.17) is 0 Å². The maximum Gasteiger partial charge on any atom is 0.270 e. The van der Waals surface area contributed by atoms with Gasteiger partial charge in [0, 0.05) is 17.9 Å². The van der Waals surface area contributed by atoms with Gasteiger partial charge in [0.1, 0.15) is 5.69 Å². The maximum atomic E-state index is 12.0. The summed E-state index contributed by atoms with van der Waals surface area (Å²) in [4.78, 5) is 20.6. The Labute approximate surface area is 124 Å². The number of para-hydroxylation sites is 1. The first-order chi connectivity index (χ1) is 10.1. The number of rotatable bonds is 5. The summed E-state index contributed by atoms with van der Waals surface area (Å²) in [6, 6.07) is 9.57. The van der Waals surface area contributed by atoms with E-state index >= 15 is 0 Å². The zero-order valence-electron chi connectivity index (χ0n) is 12.6. The van der Waals surface area contributed by atoms with E-state index in [9.17, 15) is 4.79 Å². The summed E-state index contributed by atoms with van der Waals surface area (Å²) in [5.74, 6) is 0.265. The van der Waals surface area contributed by atoms with E-state index in [-0.39, 0.29) is 5.91 Å². The fourth-order valence-corrected chi connectivity index (χ4v) is 1.90. The average molecular weight is 284 g/mol. The molecule has 0 aliphatic carbocycles. The number of nitrogens with one attached hydrogen (secondary N) is 2. The van der Waals surface area contributed by atoms with Crippen LogP contribution in [0.15, 0.2) is 30.3 Å². The lowest BCUT2D eigenvalue weighted by atomic mass is 10.2. The van der Waals surface area contributed by atoms with Crippen molar-refractivity contribution in [3.05, 3.63) is 47.3 Å². The predicted molar refractivity (Wildman–Crippen MR) is 83.9 cm³/mol. The number of amides is 1. The van der Waals surface area contributed by atoms with Gasteiger partial charge in [-0.3, -0.25) is 4.79 Å². The summed E-state index contributed by atoms with van der Waals surface area (Å²) in [6.07, 6.45) is 0.893. The molecule has 2 N–H and O–H groups in total. The number of benzene rings is 1. The van der Waals surface area contributed by atoms with Crippen LogP contribution in [0, 0.1) is 13.8 Å². The smallest absolute Gasteiger partial charge is 0.270 e. The van der Waals surface area contributed by atoms with Crippen molar-refractivity contribution in [1.29, 1.82) is 0 Å². The summed E-state index contributed by atoms with van der Waals surface area (Å²) in [5.41, 5.74) is 3.16. The molecule has 1 amide bonds. The second-order valence-electron chi connectivity index (χ2n) is 4.91. The molecular weight excluding hydrogens is 264 g/mol. The molecule has 0 saturated heterocycles. The largest absolute Gasteiger partial charge is 0.351 e. The van der Waals surface area contributed by atoms with Crippen LogP contribution in [0.3, 0.4) is 0 Å². The number of anilines is 2. The Hall–Kier alpha value is -2.43. The zero-order valence-corrected chi connectivity index (χ0v) is 12.6. The highest BCUT2D eigenvalue weighted by atomic mass is 16.1. The van der Waals surface area contributed by atoms with E-state index < -0.39 is 0 Å². The van der Waals surface area contributed by atoms with Crippen LogP contribution in [-0.4, -0.2) is 22.4 Å². The molecule has 0 unspecified atom stereocenters. The molecule has 0 saturated carbocycles. The van der Waals surface area contributed by atoms with Crippen LogP contribution in [0.2, 0.25) is 0 Å². The average Bonchev–Trinajstić information content (AvgIpc) is 2.46. The van der Waals surface area contributed by atoms with Gasteiger partial charge in [0.2, 0.25) is 5.95 Å². The Morgan fingerprint density at radius 2 is 1.95 bits per heavy atom. The molecule has 5 heteroatoms. The minimum Gasteiger partial charge on any atom is -0.351 e. The minimum atomic E-state index is -0.171. The summed E-state index contributed by atoms with van der Waals surface area (Å²) >= 11 is 0. The molecule has 2 aromatic rings. The molecular formula is C16H20N4O. The lowest BCUT2D eigenvalue weighted by molar-refractivity contribution is 0.0948. The van der Waals surface area contributed by atoms with E-state index in [0.29, 0.717) is 18.2 Å². The van der Waals surface area contributed by atoms with Gasteiger partial charge in [-0.05, 0) is 38.0 Å². The molecule has 1 aromatic heterocycles. The predicted octanol–water partition coefficient (Wildman–Crippen LogP) is 2.98. The number of carbonyl (C=O) groups is 1. The van der Waals surface area contributed by atoms with Crippen molar-refractivity contribution in [3.8, 4) is 0 Å². The first kappa shape index (κ1) is 15.0. The lowest BCUT2D eigenvalue weighted by Crippen LogP contribution is -2.25. The summed E-state index contributed by atoms with van der Waals surface area (Å²) in [6.45, 7) is 6.51. The van der Waals surface area contributed by atoms with E-state index in [1.54, 1.807) is 6.07 Å². The van der Waals surface area contributed by atoms with Gasteiger partial charge in [0.05, 0.1) is 0 Å². The Morgan fingerprint density at radius 3 is 2.67 bits per heavy atom. The number of hydrogen-bond acceptors (Lipinski definition) is 4. The third kappa shape index (κ3) is 4.02. The van der Waals surface area contributed by atoms with Crippen molar-refractivity contribution in [2.45, 2.75) is 27.2 Å². The van der Waals surface area contributed by atoms with Gasteiger partial charge < -0.3 is 10.6 Å². The van der Waals surface area contributed by atoms with E-state index in [2.05, 4.69) is 20.6 Å². The molecule has 2 rings (SSSR count). The topological polar surface area (TPSA) is 66.9 Å². The molecule has 0 bridgehead atoms. The van der Waals surface area contributed by atoms with Crippen molar-refractivity contribution in [2.75, 3.05) is 11.9 Å². The Morgan fingerprint density at radius 1 is 1.19 bits per heavy atom. The Kier molecular flexibility index (Phi) is 4.87. The molecule has 0 radical (unpaired) electrons. The minimum absolute atomic E-state index is 0.171. The summed E-state index contributed by atoms with van der Waals surface area (Å²) in [5, 5.41) is 5.98. The van der Waals surface area contributed by atoms with Gasteiger partial charge in [-0.15, -0.1) is 0 Å². The molecule has 5 nitrogen and oxygen atoms in total. The van der Waals surface area contributed by atoms with Gasteiger partial charge in [0.25, 0.3) is 5.91 Å². The fraction of sp³-hybridized carbons (Fsp3) is 0.312. The second kappa shape index (κ2) is 6.83. The number of aryl methyl sites for hydroxylation is 2. The number of hydrogen-bond donors (Lipinski definition) is 2. The van der Waals surface area contributed by atoms with Crippen LogP contribution in [0.5, 0.6) is 0 Å². The van der Waals surface area contributed by atoms with Crippen LogP contribution >= 0.6 is 0 Å². The van der Waals surface area contributed by atoms with Crippen molar-refractivity contribution >= 4 is 17.5 Å². The molecule has 0 aliphatic rings. The molecule has 0 fully saturated rings. The lowest BCUT2D eigenvalue weighted by Gasteiger charge is -2.10. The van der Waals surface area contributed by atoms with Crippen LogP contribution < -0.4 is 10.6 Å². The van der Waals surface area contributed by atoms with Crippen LogP contribution in [0.1, 0.15) is 35.1 Å². The van der Waals surface area contributed by atoms with Crippen LogP contribution in [-0.2, 0) is 0 Å². The highest BCUT2D eigenvalue weighted by Gasteiger charge is 2.10. The molecule has 0 spiro atoms. The monoisotopic (exact) mass is 284 g/mol. The quantitative estimate of drug-likeness (QED) is 0.885. The van der Waals surface area contributed by atoms with E-state index in [1.807, 2.05) is 45.0 Å². The first-order valence-corrected chi connectivity index (χ1v) is 7.06. The SMILES string of the molecule is CCCNC(=O)c1cc(C)nc(Nc2ccccc2C)n1. The zero-order chi connectivity index (χ0) is 15.2. The highest BCUT2D eigenvalue weighted by molar-refractivity contribution is 5.92. The molecule has 110 valence electrons. The number of carbonyl (C=O) groups excluding carboxylic acids is 1. The molecule has 0 aliphatic heterocycles. The molecule has 1 aromatic carbocycles. The molecule has 1 heterocycles. The first-order valence-electron chi connectivity index (χ1n) is 7.06. The normalized spacial score (nSPS) is 10.2. The Balaban J connectivity index is 2.23. The number of aromatic nitrogens is 2. The summed E-state index contributed by atoms with van der Waals surface area (Å²) in [7, 11) is 0. The second-order valence-corrected chi connectivity index (χ2v) is 4.91. The number of nitrogens with zero attached hydrogens (tertiary/aromatic N) is 2. The maximum absolute atomic E-state index is 12.0. The Bertz CT molecular complexity index is 640. The van der Waals surface area contributed by atoms with Crippen molar-refractivity contribution < 1.29 is 4.79 Å². The fourth-order valence-electron chi connectivity index (χ4n) is 1.90. The third-order valence-corrected chi connectivity index (χ3v) is 3.01. The third-order valence-electron chi connectivity index (χ3n) is 3.01. The van der Waals surface area contributed by atoms with Crippen LogP contribution in [0.4, 0.5) is 11.6 Å².